The van der Waals surface area contributed by atoms with Crippen molar-refractivity contribution in [2.75, 3.05) is 11.9 Å². The number of carbonyl (C=O) groups excluding carboxylic acids is 1. The summed E-state index contributed by atoms with van der Waals surface area (Å²) in [4.78, 5) is 21.7. The van der Waals surface area contributed by atoms with Gasteiger partial charge in [0.25, 0.3) is 5.91 Å². The molecule has 4 heterocycles. The molecule has 0 fully saturated rings. The zero-order chi connectivity index (χ0) is 27.6. The van der Waals surface area contributed by atoms with Gasteiger partial charge in [0, 0.05) is 17.4 Å². The van der Waals surface area contributed by atoms with E-state index < -0.39 is 17.7 Å². The summed E-state index contributed by atoms with van der Waals surface area (Å²) in [5.41, 5.74) is 3.55. The minimum absolute atomic E-state index is 0.183. The van der Waals surface area contributed by atoms with Crippen LogP contribution in [0.3, 0.4) is 0 Å². The number of aromatic nitrogens is 4. The van der Waals surface area contributed by atoms with Gasteiger partial charge in [0.1, 0.15) is 24.2 Å². The summed E-state index contributed by atoms with van der Waals surface area (Å²) in [5.74, 6) is -0.556. The van der Waals surface area contributed by atoms with Crippen LogP contribution in [-0.4, -0.2) is 48.9 Å². The van der Waals surface area contributed by atoms with E-state index in [1.54, 1.807) is 22.9 Å². The summed E-state index contributed by atoms with van der Waals surface area (Å²) in [5, 5.41) is 29.2. The molecule has 1 atom stereocenters. The van der Waals surface area contributed by atoms with Crippen LogP contribution in [0, 0.1) is 11.3 Å². The summed E-state index contributed by atoms with van der Waals surface area (Å²) in [7, 11) is 0. The Balaban J connectivity index is 1.49. The number of nitrogens with zero attached hydrogens (tertiary/aromatic N) is 5. The quantitative estimate of drug-likeness (QED) is 0.269. The normalized spacial score (nSPS) is 12.2. The Morgan fingerprint density at radius 3 is 2.64 bits per heavy atom. The lowest BCUT2D eigenvalue weighted by Gasteiger charge is -2.22. The van der Waals surface area contributed by atoms with Gasteiger partial charge in [-0.15, -0.1) is 0 Å². The number of amides is 1. The van der Waals surface area contributed by atoms with E-state index in [0.717, 1.165) is 5.56 Å². The van der Waals surface area contributed by atoms with Crippen molar-refractivity contribution in [1.29, 1.82) is 5.26 Å². The number of carbonyl (C=O) groups is 1. The highest BCUT2D eigenvalue weighted by Crippen LogP contribution is 2.29. The summed E-state index contributed by atoms with van der Waals surface area (Å²) < 4.78 is 21.0. The maximum Gasteiger partial charge on any atom is 0.255 e. The van der Waals surface area contributed by atoms with Crippen molar-refractivity contribution < 1.29 is 18.7 Å². The Kier molecular flexibility index (Phi) is 6.79. The first kappa shape index (κ1) is 25.6. The van der Waals surface area contributed by atoms with E-state index >= 15 is 0 Å². The van der Waals surface area contributed by atoms with Crippen LogP contribution in [0.5, 0.6) is 0 Å². The van der Waals surface area contributed by atoms with Crippen molar-refractivity contribution in [1.82, 2.24) is 24.9 Å². The molecule has 196 valence electrons. The zero-order valence-corrected chi connectivity index (χ0v) is 21.1. The number of fused-ring (bicyclic) bond motifs is 1. The van der Waals surface area contributed by atoms with Crippen LogP contribution in [-0.2, 0) is 0 Å². The standard InChI is InChI=1S/C28H24FN7O3/c1-28(2,38)26(29)14-32-27(37)21-13-31-23(25-8-7-20-9-17(11-30)12-34-36(20)25)10-22(21)35-19-5-3-18(4-6-19)24-15-39-16-33-24/h3-10,12-13,15-16,26,38H,14H2,1-2H3,(H,31,35)(H,32,37). The van der Waals surface area contributed by atoms with Crippen LogP contribution in [0.25, 0.3) is 28.2 Å². The highest BCUT2D eigenvalue weighted by molar-refractivity contribution is 6.00. The van der Waals surface area contributed by atoms with Gasteiger partial charge in [0.2, 0.25) is 0 Å². The number of aliphatic hydroxyl groups is 1. The number of benzene rings is 1. The molecule has 1 amide bonds. The van der Waals surface area contributed by atoms with Gasteiger partial charge >= 0.3 is 0 Å². The number of nitrogens with one attached hydrogen (secondary N) is 2. The maximum atomic E-state index is 14.3. The van der Waals surface area contributed by atoms with E-state index in [2.05, 4.69) is 31.8 Å². The smallest absolute Gasteiger partial charge is 0.255 e. The minimum Gasteiger partial charge on any atom is -0.451 e. The van der Waals surface area contributed by atoms with Crippen LogP contribution in [0.2, 0.25) is 0 Å². The van der Waals surface area contributed by atoms with Crippen LogP contribution < -0.4 is 10.6 Å². The lowest BCUT2D eigenvalue weighted by atomic mass is 10.0. The predicted molar refractivity (Wildman–Crippen MR) is 142 cm³/mol. The van der Waals surface area contributed by atoms with Crippen molar-refractivity contribution in [2.45, 2.75) is 25.6 Å². The Hall–Kier alpha value is -5.08. The molecule has 3 N–H and O–H groups in total. The van der Waals surface area contributed by atoms with Crippen molar-refractivity contribution in [3.63, 3.8) is 0 Å². The van der Waals surface area contributed by atoms with Crippen LogP contribution >= 0.6 is 0 Å². The van der Waals surface area contributed by atoms with Crippen molar-refractivity contribution in [3.05, 3.63) is 84.7 Å². The Bertz CT molecular complexity index is 1670. The Morgan fingerprint density at radius 2 is 1.95 bits per heavy atom. The van der Waals surface area contributed by atoms with Crippen molar-refractivity contribution in [2.24, 2.45) is 0 Å². The molecule has 1 unspecified atom stereocenters. The molecule has 10 nitrogen and oxygen atoms in total. The molecule has 5 aromatic rings. The van der Waals surface area contributed by atoms with Crippen LogP contribution in [0.4, 0.5) is 15.8 Å². The molecular weight excluding hydrogens is 501 g/mol. The van der Waals surface area contributed by atoms with E-state index in [-0.39, 0.29) is 12.1 Å². The molecule has 11 heteroatoms. The third kappa shape index (κ3) is 5.46. The number of hydrogen-bond donors (Lipinski definition) is 3. The number of pyridine rings is 1. The average Bonchev–Trinajstić information content (AvgIpc) is 3.61. The van der Waals surface area contributed by atoms with E-state index in [4.69, 9.17) is 4.42 Å². The number of oxazole rings is 1. The second-order valence-electron chi connectivity index (χ2n) is 9.43. The minimum atomic E-state index is -1.66. The first-order chi connectivity index (χ1) is 18.7. The van der Waals surface area contributed by atoms with Gasteiger partial charge in [-0.05, 0) is 50.2 Å². The SMILES string of the molecule is CC(C)(O)C(F)CNC(=O)c1cnc(-c2ccc3cc(C#N)cnn23)cc1Nc1ccc(-c2cocn2)cc1. The summed E-state index contributed by atoms with van der Waals surface area (Å²) in [6.07, 6.45) is 4.10. The van der Waals surface area contributed by atoms with E-state index in [9.17, 15) is 19.6 Å². The van der Waals surface area contributed by atoms with Crippen LogP contribution in [0.1, 0.15) is 29.8 Å². The van der Waals surface area contributed by atoms with Gasteiger partial charge in [-0.2, -0.15) is 10.4 Å². The number of alkyl halides is 1. The summed E-state index contributed by atoms with van der Waals surface area (Å²) in [6, 6.07) is 16.5. The number of halogens is 1. The van der Waals surface area contributed by atoms with E-state index in [0.29, 0.717) is 39.5 Å². The number of nitriles is 1. The molecule has 0 saturated carbocycles. The van der Waals surface area contributed by atoms with Gasteiger partial charge in [-0.3, -0.25) is 9.78 Å². The average molecular weight is 526 g/mol. The predicted octanol–water partition coefficient (Wildman–Crippen LogP) is 4.51. The van der Waals surface area contributed by atoms with Gasteiger partial charge in [0.05, 0.1) is 52.1 Å². The van der Waals surface area contributed by atoms with Gasteiger partial charge in [-0.1, -0.05) is 12.1 Å². The third-order valence-electron chi connectivity index (χ3n) is 6.14. The first-order valence-electron chi connectivity index (χ1n) is 12.0. The van der Waals surface area contributed by atoms with Gasteiger partial charge < -0.3 is 20.2 Å². The molecule has 0 aliphatic heterocycles. The maximum absolute atomic E-state index is 14.3. The molecule has 5 rings (SSSR count). The molecule has 0 aliphatic carbocycles. The van der Waals surface area contributed by atoms with E-state index in [1.165, 1.54) is 32.6 Å². The number of anilines is 2. The van der Waals surface area contributed by atoms with Crippen LogP contribution in [0.15, 0.2) is 78.0 Å². The number of rotatable bonds is 8. The Morgan fingerprint density at radius 1 is 1.15 bits per heavy atom. The fourth-order valence-corrected chi connectivity index (χ4v) is 3.90. The molecule has 0 saturated heterocycles. The summed E-state index contributed by atoms with van der Waals surface area (Å²) >= 11 is 0. The second kappa shape index (κ2) is 10.4. The summed E-state index contributed by atoms with van der Waals surface area (Å²) in [6.45, 7) is 2.31. The Labute approximate surface area is 222 Å². The molecule has 39 heavy (non-hydrogen) atoms. The fraction of sp³-hybridized carbons (Fsp3) is 0.179. The topological polar surface area (TPSA) is 141 Å². The molecule has 1 aromatic carbocycles. The van der Waals surface area contributed by atoms with Crippen molar-refractivity contribution >= 4 is 22.8 Å². The largest absolute Gasteiger partial charge is 0.451 e. The molecule has 0 spiro atoms. The van der Waals surface area contributed by atoms with E-state index in [1.807, 2.05) is 36.4 Å². The van der Waals surface area contributed by atoms with Gasteiger partial charge in [0.15, 0.2) is 6.39 Å². The zero-order valence-electron chi connectivity index (χ0n) is 21.1. The molecule has 0 aliphatic rings. The molecule has 0 bridgehead atoms. The lowest BCUT2D eigenvalue weighted by Crippen LogP contribution is -2.42. The van der Waals surface area contributed by atoms with Gasteiger partial charge in [-0.25, -0.2) is 13.9 Å². The lowest BCUT2D eigenvalue weighted by molar-refractivity contribution is -0.00177. The fourth-order valence-electron chi connectivity index (χ4n) is 3.90. The molecular formula is C28H24FN7O3. The monoisotopic (exact) mass is 525 g/mol. The highest BCUT2D eigenvalue weighted by Gasteiger charge is 2.27. The number of hydrogen-bond acceptors (Lipinski definition) is 8. The third-order valence-corrected chi connectivity index (χ3v) is 6.14. The molecule has 0 radical (unpaired) electrons. The second-order valence-corrected chi connectivity index (χ2v) is 9.43. The molecule has 4 aromatic heterocycles. The first-order valence-corrected chi connectivity index (χ1v) is 12.0. The highest BCUT2D eigenvalue weighted by atomic mass is 19.1. The van der Waals surface area contributed by atoms with Crippen molar-refractivity contribution in [3.8, 4) is 28.7 Å².